The Kier molecular flexibility index (Phi) is 5.85. The van der Waals surface area contributed by atoms with Crippen LogP contribution in [0.5, 0.6) is 0 Å². The van der Waals surface area contributed by atoms with Gasteiger partial charge in [0.05, 0.1) is 18.0 Å². The van der Waals surface area contributed by atoms with Crippen LogP contribution >= 0.6 is 0 Å². The van der Waals surface area contributed by atoms with Crippen molar-refractivity contribution in [3.05, 3.63) is 34.4 Å². The van der Waals surface area contributed by atoms with Gasteiger partial charge in [0, 0.05) is 17.8 Å². The van der Waals surface area contributed by atoms with E-state index in [1.54, 1.807) is 0 Å². The topological polar surface area (TPSA) is 119 Å². The first-order chi connectivity index (χ1) is 11.0. The lowest BCUT2D eigenvalue weighted by Gasteiger charge is -2.27. The van der Waals surface area contributed by atoms with Crippen LogP contribution in [-0.2, 0) is 14.3 Å². The number of rotatable bonds is 6. The summed E-state index contributed by atoms with van der Waals surface area (Å²) in [5.41, 5.74) is -4.58. The summed E-state index contributed by atoms with van der Waals surface area (Å²) in [5, 5.41) is 22.1. The molecule has 0 spiro atoms. The van der Waals surface area contributed by atoms with Gasteiger partial charge in [-0.3, -0.25) is 14.9 Å². The number of carbonyl (C=O) groups is 2. The largest absolute Gasteiger partial charge is 0.464 e. The van der Waals surface area contributed by atoms with Gasteiger partial charge >= 0.3 is 12.1 Å². The third kappa shape index (κ3) is 4.41. The van der Waals surface area contributed by atoms with Crippen molar-refractivity contribution >= 4 is 23.3 Å². The minimum atomic E-state index is -5.45. The average Bonchev–Trinajstić information content (AvgIpc) is 2.46. The van der Waals surface area contributed by atoms with E-state index in [9.17, 15) is 38.0 Å². The summed E-state index contributed by atoms with van der Waals surface area (Å²) in [5.74, 6) is -3.38. The molecule has 1 aromatic carbocycles. The number of ether oxygens (including phenoxy) is 1. The number of hydrogen-bond donors (Lipinski definition) is 2. The summed E-state index contributed by atoms with van der Waals surface area (Å²) >= 11 is 0. The second-order valence-electron chi connectivity index (χ2n) is 4.61. The molecule has 0 bridgehead atoms. The van der Waals surface area contributed by atoms with Gasteiger partial charge in [0.15, 0.2) is 0 Å². The molecule has 0 saturated carbocycles. The molecule has 132 valence electrons. The van der Waals surface area contributed by atoms with E-state index >= 15 is 0 Å². The van der Waals surface area contributed by atoms with E-state index in [4.69, 9.17) is 0 Å². The highest BCUT2D eigenvalue weighted by molar-refractivity contribution is 5.96. The molecule has 0 aliphatic carbocycles. The van der Waals surface area contributed by atoms with Crippen LogP contribution in [-0.4, -0.2) is 40.3 Å². The molecule has 1 unspecified atom stereocenters. The number of hydrogen-bond acceptors (Lipinski definition) is 6. The van der Waals surface area contributed by atoms with Gasteiger partial charge in [-0.05, 0) is 13.0 Å². The van der Waals surface area contributed by atoms with Crippen molar-refractivity contribution in [2.24, 2.45) is 0 Å². The Hall–Kier alpha value is -2.69. The number of non-ortho nitro benzene ring substituents is 1. The number of aliphatic hydroxyl groups is 1. The molecule has 0 aliphatic heterocycles. The lowest BCUT2D eigenvalue weighted by Crippen LogP contribution is -2.54. The molecule has 0 aromatic heterocycles. The van der Waals surface area contributed by atoms with Gasteiger partial charge < -0.3 is 15.2 Å². The Labute approximate surface area is 133 Å². The lowest BCUT2D eigenvalue weighted by molar-refractivity contribution is -0.384. The summed E-state index contributed by atoms with van der Waals surface area (Å²) in [6, 6.07) is 4.42. The third-order valence-corrected chi connectivity index (χ3v) is 2.84. The average molecular weight is 350 g/mol. The molecule has 11 heteroatoms. The smallest absolute Gasteiger partial charge is 0.428 e. The number of esters is 1. The van der Waals surface area contributed by atoms with Gasteiger partial charge in [0.1, 0.15) is 0 Å². The molecule has 0 saturated heterocycles. The minimum Gasteiger partial charge on any atom is -0.464 e. The Morgan fingerprint density at radius 2 is 2.00 bits per heavy atom. The molecule has 1 rings (SSSR count). The zero-order valence-electron chi connectivity index (χ0n) is 12.3. The fourth-order valence-corrected chi connectivity index (χ4v) is 1.67. The maximum absolute atomic E-state index is 12.9. The summed E-state index contributed by atoms with van der Waals surface area (Å²) in [6.07, 6.45) is -7.10. The van der Waals surface area contributed by atoms with Gasteiger partial charge in [-0.1, -0.05) is 6.07 Å². The van der Waals surface area contributed by atoms with Crippen molar-refractivity contribution < 1.29 is 37.5 Å². The van der Waals surface area contributed by atoms with Gasteiger partial charge in [0.25, 0.3) is 11.3 Å². The van der Waals surface area contributed by atoms with Crippen LogP contribution in [0.25, 0.3) is 0 Å². The standard InChI is InChI=1S/C13H13F3N2O6/c1-2-24-11(20)12(21,13(14,15)16)7-10(19)17-8-4-3-5-9(6-8)18(22)23/h3-6,21H,2,7H2,1H3,(H,17,19). The SMILES string of the molecule is CCOC(=O)C(O)(CC(=O)Nc1cccc([N+](=O)[O-])c1)C(F)(F)F. The fraction of sp³-hybridized carbons (Fsp3) is 0.385. The second kappa shape index (κ2) is 7.25. The zero-order valence-corrected chi connectivity index (χ0v) is 12.3. The zero-order chi connectivity index (χ0) is 18.5. The first-order valence-corrected chi connectivity index (χ1v) is 6.52. The minimum absolute atomic E-state index is 0.164. The summed E-state index contributed by atoms with van der Waals surface area (Å²) in [4.78, 5) is 32.9. The molecule has 2 N–H and O–H groups in total. The van der Waals surface area contributed by atoms with E-state index < -0.39 is 47.3 Å². The van der Waals surface area contributed by atoms with E-state index in [-0.39, 0.29) is 5.69 Å². The Morgan fingerprint density at radius 1 is 1.38 bits per heavy atom. The van der Waals surface area contributed by atoms with Crippen LogP contribution in [0.3, 0.4) is 0 Å². The molecule has 0 aliphatic rings. The lowest BCUT2D eigenvalue weighted by atomic mass is 9.98. The molecule has 0 radical (unpaired) electrons. The molecule has 1 aromatic rings. The monoisotopic (exact) mass is 350 g/mol. The Balaban J connectivity index is 2.96. The number of nitrogens with zero attached hydrogens (tertiary/aromatic N) is 1. The molecular weight excluding hydrogens is 337 g/mol. The van der Waals surface area contributed by atoms with Gasteiger partial charge in [0.2, 0.25) is 5.91 Å². The van der Waals surface area contributed by atoms with Crippen molar-refractivity contribution in [2.75, 3.05) is 11.9 Å². The van der Waals surface area contributed by atoms with Crippen molar-refractivity contribution in [1.82, 2.24) is 0 Å². The number of amides is 1. The van der Waals surface area contributed by atoms with Gasteiger partial charge in [-0.2, -0.15) is 13.2 Å². The van der Waals surface area contributed by atoms with Gasteiger partial charge in [-0.15, -0.1) is 0 Å². The highest BCUT2D eigenvalue weighted by atomic mass is 19.4. The molecule has 0 heterocycles. The van der Waals surface area contributed by atoms with E-state index in [1.165, 1.54) is 19.1 Å². The van der Waals surface area contributed by atoms with Crippen LogP contribution < -0.4 is 5.32 Å². The molecule has 8 nitrogen and oxygen atoms in total. The normalized spacial score (nSPS) is 13.7. The van der Waals surface area contributed by atoms with Crippen LogP contribution in [0.15, 0.2) is 24.3 Å². The highest BCUT2D eigenvalue weighted by Gasteiger charge is 2.61. The van der Waals surface area contributed by atoms with Crippen LogP contribution in [0.4, 0.5) is 24.5 Å². The predicted octanol–water partition coefficient (Wildman–Crippen LogP) is 1.78. The highest BCUT2D eigenvalue weighted by Crippen LogP contribution is 2.34. The number of benzene rings is 1. The number of anilines is 1. The first-order valence-electron chi connectivity index (χ1n) is 6.52. The quantitative estimate of drug-likeness (QED) is 0.459. The fourth-order valence-electron chi connectivity index (χ4n) is 1.67. The Morgan fingerprint density at radius 3 is 2.50 bits per heavy atom. The summed E-state index contributed by atoms with van der Waals surface area (Å²) < 4.78 is 42.9. The molecular formula is C13H13F3N2O6. The number of alkyl halides is 3. The second-order valence-corrected chi connectivity index (χ2v) is 4.61. The van der Waals surface area contributed by atoms with E-state index in [0.717, 1.165) is 12.1 Å². The van der Waals surface area contributed by atoms with Gasteiger partial charge in [-0.25, -0.2) is 4.79 Å². The van der Waals surface area contributed by atoms with E-state index in [1.807, 2.05) is 5.32 Å². The predicted molar refractivity (Wildman–Crippen MR) is 74.0 cm³/mol. The number of nitro benzene ring substituents is 1. The number of nitrogens with one attached hydrogen (secondary N) is 1. The first kappa shape index (κ1) is 19.4. The molecule has 1 atom stereocenters. The molecule has 0 fully saturated rings. The van der Waals surface area contributed by atoms with Crippen molar-refractivity contribution in [2.45, 2.75) is 25.1 Å². The number of halogens is 3. The number of carbonyl (C=O) groups excluding carboxylic acids is 2. The summed E-state index contributed by atoms with van der Waals surface area (Å²) in [6.45, 7) is 0.807. The van der Waals surface area contributed by atoms with Crippen LogP contribution in [0, 0.1) is 10.1 Å². The van der Waals surface area contributed by atoms with Crippen molar-refractivity contribution in [1.29, 1.82) is 0 Å². The molecule has 1 amide bonds. The van der Waals surface area contributed by atoms with Crippen molar-refractivity contribution in [3.8, 4) is 0 Å². The number of nitro groups is 1. The maximum Gasteiger partial charge on any atom is 0.428 e. The van der Waals surface area contributed by atoms with Crippen LogP contribution in [0.2, 0.25) is 0 Å². The van der Waals surface area contributed by atoms with Crippen molar-refractivity contribution in [3.63, 3.8) is 0 Å². The maximum atomic E-state index is 12.9. The third-order valence-electron chi connectivity index (χ3n) is 2.84. The summed E-state index contributed by atoms with van der Waals surface area (Å²) in [7, 11) is 0. The van der Waals surface area contributed by atoms with E-state index in [0.29, 0.717) is 0 Å². The molecule has 24 heavy (non-hydrogen) atoms. The Bertz CT molecular complexity index is 649. The van der Waals surface area contributed by atoms with E-state index in [2.05, 4.69) is 4.74 Å². The van der Waals surface area contributed by atoms with Crippen LogP contribution in [0.1, 0.15) is 13.3 Å².